The second-order valence-electron chi connectivity index (χ2n) is 6.26. The number of hydrogen-bond donors (Lipinski definition) is 0. The zero-order valence-corrected chi connectivity index (χ0v) is 12.2. The fraction of sp³-hybridized carbons (Fsp3) is 0.368. The third-order valence-corrected chi connectivity index (χ3v) is 4.93. The van der Waals surface area contributed by atoms with Gasteiger partial charge in [-0.15, -0.1) is 0 Å². The average Bonchev–Trinajstić information content (AvgIpc) is 3.11. The van der Waals surface area contributed by atoms with Crippen LogP contribution in [-0.2, 0) is 11.4 Å². The molecule has 2 nitrogen and oxygen atoms in total. The maximum Gasteiger partial charge on any atom is 0.0729 e. The van der Waals surface area contributed by atoms with E-state index in [1.165, 1.54) is 24.0 Å². The van der Waals surface area contributed by atoms with Crippen LogP contribution in [0.2, 0.25) is 0 Å². The maximum atomic E-state index is 5.94. The summed E-state index contributed by atoms with van der Waals surface area (Å²) in [4.78, 5) is 5.94. The van der Waals surface area contributed by atoms with Gasteiger partial charge in [0.15, 0.2) is 0 Å². The SMILES string of the molecule is c1ccc(CN2OC[C@H]3C[C@@H](c4ccccc4)C[C@H]32)cc1. The van der Waals surface area contributed by atoms with E-state index in [-0.39, 0.29) is 0 Å². The van der Waals surface area contributed by atoms with Gasteiger partial charge in [-0.2, -0.15) is 5.06 Å². The molecule has 21 heavy (non-hydrogen) atoms. The molecule has 1 saturated carbocycles. The van der Waals surface area contributed by atoms with Crippen molar-refractivity contribution in [3.63, 3.8) is 0 Å². The molecule has 1 heterocycles. The Balaban J connectivity index is 1.46. The number of nitrogens with zero attached hydrogens (tertiary/aromatic N) is 1. The van der Waals surface area contributed by atoms with E-state index in [0.29, 0.717) is 17.9 Å². The Morgan fingerprint density at radius 2 is 1.62 bits per heavy atom. The Bertz CT molecular complexity index is 583. The number of rotatable bonds is 3. The van der Waals surface area contributed by atoms with Crippen molar-refractivity contribution in [2.45, 2.75) is 31.3 Å². The second-order valence-corrected chi connectivity index (χ2v) is 6.26. The van der Waals surface area contributed by atoms with Gasteiger partial charge in [0.05, 0.1) is 6.61 Å². The molecule has 0 N–H and O–H groups in total. The van der Waals surface area contributed by atoms with Crippen LogP contribution in [0.5, 0.6) is 0 Å². The molecule has 2 aliphatic rings. The van der Waals surface area contributed by atoms with Gasteiger partial charge < -0.3 is 0 Å². The third-order valence-electron chi connectivity index (χ3n) is 4.93. The summed E-state index contributed by atoms with van der Waals surface area (Å²) < 4.78 is 0. The summed E-state index contributed by atoms with van der Waals surface area (Å²) >= 11 is 0. The summed E-state index contributed by atoms with van der Waals surface area (Å²) in [6, 6.07) is 22.2. The van der Waals surface area contributed by atoms with Gasteiger partial charge in [0.2, 0.25) is 0 Å². The van der Waals surface area contributed by atoms with Crippen molar-refractivity contribution in [1.82, 2.24) is 5.06 Å². The lowest BCUT2D eigenvalue weighted by Crippen LogP contribution is -2.28. The van der Waals surface area contributed by atoms with Crippen LogP contribution in [-0.4, -0.2) is 17.7 Å². The highest BCUT2D eigenvalue weighted by Gasteiger charge is 2.43. The molecule has 0 unspecified atom stereocenters. The summed E-state index contributed by atoms with van der Waals surface area (Å²) in [5.41, 5.74) is 2.83. The predicted molar refractivity (Wildman–Crippen MR) is 83.6 cm³/mol. The van der Waals surface area contributed by atoms with Crippen LogP contribution in [0.15, 0.2) is 60.7 Å². The van der Waals surface area contributed by atoms with Crippen molar-refractivity contribution in [2.75, 3.05) is 6.61 Å². The minimum atomic E-state index is 0.579. The van der Waals surface area contributed by atoms with Crippen molar-refractivity contribution in [1.29, 1.82) is 0 Å². The Morgan fingerprint density at radius 3 is 2.38 bits per heavy atom. The van der Waals surface area contributed by atoms with Crippen LogP contribution in [0.25, 0.3) is 0 Å². The molecular formula is C19H21NO. The van der Waals surface area contributed by atoms with Crippen molar-refractivity contribution >= 4 is 0 Å². The molecule has 1 saturated heterocycles. The summed E-state index contributed by atoms with van der Waals surface area (Å²) in [5, 5.41) is 2.23. The zero-order chi connectivity index (χ0) is 14.1. The largest absolute Gasteiger partial charge is 0.298 e. The summed E-state index contributed by atoms with van der Waals surface area (Å²) in [5.74, 6) is 1.39. The first kappa shape index (κ1) is 13.1. The Kier molecular flexibility index (Phi) is 3.50. The highest BCUT2D eigenvalue weighted by atomic mass is 16.7. The van der Waals surface area contributed by atoms with Gasteiger partial charge in [-0.25, -0.2) is 0 Å². The molecule has 2 aromatic carbocycles. The van der Waals surface area contributed by atoms with Crippen molar-refractivity contribution in [3.8, 4) is 0 Å². The van der Waals surface area contributed by atoms with Crippen LogP contribution < -0.4 is 0 Å². The molecule has 108 valence electrons. The first-order valence-corrected chi connectivity index (χ1v) is 7.88. The number of hydrogen-bond acceptors (Lipinski definition) is 2. The van der Waals surface area contributed by atoms with Gasteiger partial charge in [0.25, 0.3) is 0 Å². The Labute approximate surface area is 126 Å². The van der Waals surface area contributed by atoms with Gasteiger partial charge >= 0.3 is 0 Å². The third kappa shape index (κ3) is 2.61. The normalized spacial score (nSPS) is 28.7. The van der Waals surface area contributed by atoms with E-state index in [1.807, 2.05) is 0 Å². The van der Waals surface area contributed by atoms with E-state index in [0.717, 1.165) is 13.2 Å². The van der Waals surface area contributed by atoms with Gasteiger partial charge in [0.1, 0.15) is 0 Å². The van der Waals surface area contributed by atoms with Gasteiger partial charge in [-0.1, -0.05) is 60.7 Å². The molecule has 0 amide bonds. The number of fused-ring (bicyclic) bond motifs is 1. The van der Waals surface area contributed by atoms with Crippen molar-refractivity contribution in [2.24, 2.45) is 5.92 Å². The van der Waals surface area contributed by atoms with E-state index >= 15 is 0 Å². The first-order chi connectivity index (χ1) is 10.4. The van der Waals surface area contributed by atoms with E-state index in [1.54, 1.807) is 0 Å². The van der Waals surface area contributed by atoms with Crippen molar-refractivity contribution in [3.05, 3.63) is 71.8 Å². The molecule has 2 fully saturated rings. The van der Waals surface area contributed by atoms with Gasteiger partial charge in [-0.3, -0.25) is 4.84 Å². The number of benzene rings is 2. The zero-order valence-electron chi connectivity index (χ0n) is 12.2. The standard InChI is InChI=1S/C19H21NO/c1-3-7-15(8-4-1)13-20-19-12-17(11-18(19)14-21-20)16-9-5-2-6-10-16/h1-10,17-19H,11-14H2/t17-,18-,19-/m1/s1. The second kappa shape index (κ2) is 5.63. The molecule has 1 aliphatic heterocycles. The highest BCUT2D eigenvalue weighted by Crippen LogP contribution is 2.44. The lowest BCUT2D eigenvalue weighted by molar-refractivity contribution is -0.141. The van der Waals surface area contributed by atoms with Crippen LogP contribution in [0.3, 0.4) is 0 Å². The summed E-state index contributed by atoms with van der Waals surface area (Å²) in [6.45, 7) is 1.80. The highest BCUT2D eigenvalue weighted by molar-refractivity contribution is 5.22. The first-order valence-electron chi connectivity index (χ1n) is 7.88. The fourth-order valence-electron chi connectivity index (χ4n) is 3.85. The minimum Gasteiger partial charge on any atom is -0.298 e. The molecule has 0 bridgehead atoms. The molecule has 0 radical (unpaired) electrons. The summed E-state index contributed by atoms with van der Waals surface area (Å²) in [6.07, 6.45) is 2.49. The predicted octanol–water partition coefficient (Wildman–Crippen LogP) is 4.00. The van der Waals surface area contributed by atoms with Crippen LogP contribution in [0.4, 0.5) is 0 Å². The van der Waals surface area contributed by atoms with E-state index < -0.39 is 0 Å². The van der Waals surface area contributed by atoms with Crippen LogP contribution in [0.1, 0.15) is 29.9 Å². The molecule has 2 heteroatoms. The lowest BCUT2D eigenvalue weighted by atomic mass is 9.97. The molecule has 2 aromatic rings. The maximum absolute atomic E-state index is 5.94. The Morgan fingerprint density at radius 1 is 0.905 bits per heavy atom. The summed E-state index contributed by atoms with van der Waals surface area (Å²) in [7, 11) is 0. The van der Waals surface area contributed by atoms with Gasteiger partial charge in [0, 0.05) is 18.5 Å². The van der Waals surface area contributed by atoms with E-state index in [2.05, 4.69) is 65.7 Å². The van der Waals surface area contributed by atoms with Crippen LogP contribution in [0, 0.1) is 5.92 Å². The molecule has 4 rings (SSSR count). The van der Waals surface area contributed by atoms with E-state index in [4.69, 9.17) is 4.84 Å². The Hall–Kier alpha value is -1.64. The lowest BCUT2D eigenvalue weighted by Gasteiger charge is -2.22. The minimum absolute atomic E-state index is 0.579. The molecule has 0 spiro atoms. The molecular weight excluding hydrogens is 258 g/mol. The topological polar surface area (TPSA) is 12.5 Å². The van der Waals surface area contributed by atoms with Crippen LogP contribution >= 0.6 is 0 Å². The quantitative estimate of drug-likeness (QED) is 0.842. The number of hydroxylamine groups is 2. The monoisotopic (exact) mass is 279 g/mol. The smallest absolute Gasteiger partial charge is 0.0729 e. The fourth-order valence-corrected chi connectivity index (χ4v) is 3.85. The van der Waals surface area contributed by atoms with Gasteiger partial charge in [-0.05, 0) is 29.9 Å². The molecule has 3 atom stereocenters. The molecule has 1 aliphatic carbocycles. The average molecular weight is 279 g/mol. The molecule has 0 aromatic heterocycles. The van der Waals surface area contributed by atoms with Crippen molar-refractivity contribution < 1.29 is 4.84 Å². The van der Waals surface area contributed by atoms with E-state index in [9.17, 15) is 0 Å².